The smallest absolute Gasteiger partial charge is 0.0543 e. The number of methoxy groups -OCH3 is 1. The van der Waals surface area contributed by atoms with Gasteiger partial charge in [-0.2, -0.15) is 0 Å². The van der Waals surface area contributed by atoms with Crippen molar-refractivity contribution in [1.29, 1.82) is 0 Å². The molecular weight excluding hydrogens is 284 g/mol. The second kappa shape index (κ2) is 5.73. The van der Waals surface area contributed by atoms with Crippen LogP contribution in [0.2, 0.25) is 0 Å². The van der Waals surface area contributed by atoms with E-state index >= 15 is 0 Å². The van der Waals surface area contributed by atoms with Gasteiger partial charge in [-0.25, -0.2) is 0 Å². The Hall–Kier alpha value is -0.0800. The first-order valence-corrected chi connectivity index (χ1v) is 10.2. The predicted molar refractivity (Wildman–Crippen MR) is 93.1 cm³/mol. The van der Waals surface area contributed by atoms with E-state index in [1.165, 1.54) is 44.9 Å². The van der Waals surface area contributed by atoms with E-state index in [0.29, 0.717) is 16.7 Å². The van der Waals surface area contributed by atoms with Gasteiger partial charge in [-0.3, -0.25) is 0 Å². The molecule has 0 heterocycles. The van der Waals surface area contributed by atoms with Gasteiger partial charge >= 0.3 is 0 Å². The highest BCUT2D eigenvalue weighted by Crippen LogP contribution is 2.67. The Morgan fingerprint density at radius 1 is 1.00 bits per heavy atom. The third-order valence-corrected chi connectivity index (χ3v) is 9.22. The summed E-state index contributed by atoms with van der Waals surface area (Å²) in [6, 6.07) is 0. The van der Waals surface area contributed by atoms with Gasteiger partial charge in [0.15, 0.2) is 0 Å². The van der Waals surface area contributed by atoms with Crippen molar-refractivity contribution in [2.75, 3.05) is 13.7 Å². The normalized spacial score (nSPS) is 55.8. The molecule has 4 rings (SSSR count). The summed E-state index contributed by atoms with van der Waals surface area (Å²) < 4.78 is 5.80. The third-order valence-electron chi connectivity index (χ3n) is 9.22. The summed E-state index contributed by atoms with van der Waals surface area (Å²) in [5.74, 6) is 4.36. The van der Waals surface area contributed by atoms with Crippen LogP contribution >= 0.6 is 0 Å². The molecule has 0 saturated heterocycles. The zero-order valence-electron chi connectivity index (χ0n) is 15.4. The minimum absolute atomic E-state index is 0.0538. The number of aliphatic hydroxyl groups excluding tert-OH is 1. The first-order chi connectivity index (χ1) is 11.0. The Morgan fingerprint density at radius 2 is 1.83 bits per heavy atom. The molecule has 132 valence electrons. The van der Waals surface area contributed by atoms with E-state index in [1.54, 1.807) is 0 Å². The molecule has 0 bridgehead atoms. The van der Waals surface area contributed by atoms with Crippen LogP contribution in [0.4, 0.5) is 0 Å². The Kier molecular flexibility index (Phi) is 4.08. The van der Waals surface area contributed by atoms with Crippen LogP contribution in [0.5, 0.6) is 0 Å². The zero-order valence-corrected chi connectivity index (χ0v) is 15.4. The largest absolute Gasteiger partial charge is 0.393 e. The topological polar surface area (TPSA) is 29.5 Å². The molecule has 4 aliphatic carbocycles. The van der Waals surface area contributed by atoms with Crippen molar-refractivity contribution in [1.82, 2.24) is 0 Å². The Morgan fingerprint density at radius 3 is 2.61 bits per heavy atom. The molecule has 2 heteroatoms. The fourth-order valence-corrected chi connectivity index (χ4v) is 7.84. The lowest BCUT2D eigenvalue weighted by Crippen LogP contribution is -2.56. The van der Waals surface area contributed by atoms with Crippen molar-refractivity contribution < 1.29 is 9.84 Å². The third kappa shape index (κ3) is 2.27. The Bertz CT molecular complexity index is 449. The average molecular weight is 321 g/mol. The predicted octanol–water partition coefficient (Wildman–Crippen LogP) is 4.65. The number of aliphatic hydroxyl groups is 1. The number of fused-ring (bicyclic) bond motifs is 5. The van der Waals surface area contributed by atoms with Crippen molar-refractivity contribution >= 4 is 0 Å². The molecule has 2 nitrogen and oxygen atoms in total. The molecule has 0 aromatic heterocycles. The highest BCUT2D eigenvalue weighted by Gasteiger charge is 2.60. The van der Waals surface area contributed by atoms with E-state index in [9.17, 15) is 5.11 Å². The summed E-state index contributed by atoms with van der Waals surface area (Å²) in [7, 11) is 1.89. The number of ether oxygens (including phenoxy) is 1. The lowest BCUT2D eigenvalue weighted by atomic mass is 9.44. The number of rotatable bonds is 2. The van der Waals surface area contributed by atoms with Crippen LogP contribution in [0.25, 0.3) is 0 Å². The Balaban J connectivity index is 1.65. The van der Waals surface area contributed by atoms with E-state index in [1.807, 2.05) is 7.11 Å². The second-order valence-electron chi connectivity index (χ2n) is 9.77. The van der Waals surface area contributed by atoms with Crippen molar-refractivity contribution in [2.24, 2.45) is 40.4 Å². The zero-order chi connectivity index (χ0) is 16.2. The molecule has 0 aromatic carbocycles. The maximum absolute atomic E-state index is 10.2. The van der Waals surface area contributed by atoms with Crippen LogP contribution in [-0.4, -0.2) is 24.9 Å². The minimum atomic E-state index is -0.0538. The molecule has 0 amide bonds. The van der Waals surface area contributed by atoms with E-state index in [2.05, 4.69) is 13.8 Å². The van der Waals surface area contributed by atoms with Crippen LogP contribution in [0.3, 0.4) is 0 Å². The van der Waals surface area contributed by atoms with Gasteiger partial charge in [0.2, 0.25) is 0 Å². The molecule has 1 N–H and O–H groups in total. The van der Waals surface area contributed by atoms with Gasteiger partial charge in [0, 0.05) is 7.11 Å². The van der Waals surface area contributed by atoms with Crippen LogP contribution < -0.4 is 0 Å². The fourth-order valence-electron chi connectivity index (χ4n) is 7.84. The quantitative estimate of drug-likeness (QED) is 0.802. The fraction of sp³-hybridized carbons (Fsp3) is 1.00. The average Bonchev–Trinajstić information content (AvgIpc) is 2.84. The van der Waals surface area contributed by atoms with Crippen molar-refractivity contribution in [3.05, 3.63) is 0 Å². The first-order valence-electron chi connectivity index (χ1n) is 10.2. The molecule has 4 aliphatic rings. The molecule has 0 aromatic rings. The molecule has 0 radical (unpaired) electrons. The van der Waals surface area contributed by atoms with E-state index < -0.39 is 0 Å². The summed E-state index contributed by atoms with van der Waals surface area (Å²) in [5, 5.41) is 10.2. The monoisotopic (exact) mass is 320 g/mol. The highest BCUT2D eigenvalue weighted by molar-refractivity contribution is 5.09. The lowest BCUT2D eigenvalue weighted by molar-refractivity contribution is -0.157. The van der Waals surface area contributed by atoms with E-state index in [0.717, 1.165) is 43.1 Å². The summed E-state index contributed by atoms with van der Waals surface area (Å²) in [4.78, 5) is 0. The summed E-state index contributed by atoms with van der Waals surface area (Å²) in [6.07, 6.45) is 11.7. The second-order valence-corrected chi connectivity index (χ2v) is 9.77. The SMILES string of the molecule is COC[C@]12CC[C@@H](O)C[C@@H]1CC[C@H]1[C@@H]3CC[C@H](C)[C@@]3(C)CC[C@@H]12. The standard InChI is InChI=1S/C21H36O2/c1-14-4-7-18-17-6-5-15-12-16(22)8-11-21(15,13-23-3)19(17)9-10-20(14,18)2/h14-19,22H,4-13H2,1-3H3/t14-,15-,16+,17-,18-,19-,20+,21+/m0/s1. The van der Waals surface area contributed by atoms with Gasteiger partial charge in [0.05, 0.1) is 12.7 Å². The number of hydrogen-bond donors (Lipinski definition) is 1. The molecule has 4 fully saturated rings. The van der Waals surface area contributed by atoms with Crippen LogP contribution in [0, 0.1) is 40.4 Å². The van der Waals surface area contributed by atoms with Gasteiger partial charge in [0.1, 0.15) is 0 Å². The number of hydrogen-bond acceptors (Lipinski definition) is 2. The molecular formula is C21H36O2. The maximum Gasteiger partial charge on any atom is 0.0543 e. The van der Waals surface area contributed by atoms with Crippen molar-refractivity contribution in [3.8, 4) is 0 Å². The minimum Gasteiger partial charge on any atom is -0.393 e. The molecule has 23 heavy (non-hydrogen) atoms. The lowest BCUT2D eigenvalue weighted by Gasteiger charge is -2.61. The summed E-state index contributed by atoms with van der Waals surface area (Å²) in [6.45, 7) is 6.05. The maximum atomic E-state index is 10.2. The van der Waals surface area contributed by atoms with Crippen LogP contribution in [0.15, 0.2) is 0 Å². The molecule has 0 unspecified atom stereocenters. The molecule has 0 aliphatic heterocycles. The molecule has 0 spiro atoms. The van der Waals surface area contributed by atoms with Gasteiger partial charge in [-0.15, -0.1) is 0 Å². The van der Waals surface area contributed by atoms with Crippen molar-refractivity contribution in [2.45, 2.75) is 77.7 Å². The van der Waals surface area contributed by atoms with E-state index in [-0.39, 0.29) is 6.10 Å². The first kappa shape index (κ1) is 16.4. The molecule has 4 saturated carbocycles. The highest BCUT2D eigenvalue weighted by atomic mass is 16.5. The van der Waals surface area contributed by atoms with Gasteiger partial charge in [-0.05, 0) is 98.2 Å². The van der Waals surface area contributed by atoms with E-state index in [4.69, 9.17) is 4.74 Å². The summed E-state index contributed by atoms with van der Waals surface area (Å²) in [5.41, 5.74) is 0.987. The van der Waals surface area contributed by atoms with Gasteiger partial charge in [-0.1, -0.05) is 13.8 Å². The molecule has 8 atom stereocenters. The van der Waals surface area contributed by atoms with Crippen LogP contribution in [0.1, 0.15) is 71.6 Å². The van der Waals surface area contributed by atoms with Gasteiger partial charge < -0.3 is 9.84 Å². The summed E-state index contributed by atoms with van der Waals surface area (Å²) >= 11 is 0. The van der Waals surface area contributed by atoms with Crippen molar-refractivity contribution in [3.63, 3.8) is 0 Å². The Labute approximate surface area is 142 Å². The van der Waals surface area contributed by atoms with Gasteiger partial charge in [0.25, 0.3) is 0 Å². The van der Waals surface area contributed by atoms with Crippen LogP contribution in [-0.2, 0) is 4.74 Å².